The van der Waals surface area contributed by atoms with Gasteiger partial charge in [0.1, 0.15) is 0 Å². The Balaban J connectivity index is 2.15. The molecule has 5 nitrogen and oxygen atoms in total. The first kappa shape index (κ1) is 15.3. The predicted octanol–water partition coefficient (Wildman–Crippen LogP) is 2.04. The maximum Gasteiger partial charge on any atom is 0.180 e. The zero-order chi connectivity index (χ0) is 14.8. The summed E-state index contributed by atoms with van der Waals surface area (Å²) < 4.78 is 35.3. The van der Waals surface area contributed by atoms with E-state index >= 15 is 0 Å². The zero-order valence-electron chi connectivity index (χ0n) is 12.0. The largest absolute Gasteiger partial charge is 0.377 e. The molecule has 0 bridgehead atoms. The molecule has 0 aromatic heterocycles. The molecule has 1 fully saturated rings. The van der Waals surface area contributed by atoms with Crippen LogP contribution >= 0.6 is 0 Å². The van der Waals surface area contributed by atoms with Crippen molar-refractivity contribution in [3.05, 3.63) is 24.3 Å². The summed E-state index contributed by atoms with van der Waals surface area (Å²) in [4.78, 5) is 0.326. The van der Waals surface area contributed by atoms with E-state index in [0.29, 0.717) is 23.8 Å². The molecule has 0 spiro atoms. The second kappa shape index (κ2) is 5.71. The van der Waals surface area contributed by atoms with Crippen LogP contribution in [0.5, 0.6) is 0 Å². The van der Waals surface area contributed by atoms with E-state index in [1.807, 2.05) is 19.9 Å². The van der Waals surface area contributed by atoms with E-state index in [0.717, 1.165) is 0 Å². The normalized spacial score (nSPS) is 19.8. The monoisotopic (exact) mass is 299 g/mol. The summed E-state index contributed by atoms with van der Waals surface area (Å²) in [5.41, 5.74) is 0.603. The summed E-state index contributed by atoms with van der Waals surface area (Å²) >= 11 is 0. The SMILES string of the molecule is CCS(=O)(=O)c1ccccc1NC1COC(C)(C)OC1. The first-order valence-electron chi connectivity index (χ1n) is 6.70. The van der Waals surface area contributed by atoms with Gasteiger partial charge in [-0.1, -0.05) is 19.1 Å². The number of anilines is 1. The molecule has 0 radical (unpaired) electrons. The summed E-state index contributed by atoms with van der Waals surface area (Å²) in [6.45, 7) is 6.32. The van der Waals surface area contributed by atoms with Gasteiger partial charge >= 0.3 is 0 Å². The lowest BCUT2D eigenvalue weighted by molar-refractivity contribution is -0.247. The van der Waals surface area contributed by atoms with Crippen LogP contribution in [0.1, 0.15) is 20.8 Å². The van der Waals surface area contributed by atoms with Gasteiger partial charge in [-0.05, 0) is 26.0 Å². The molecule has 0 aliphatic carbocycles. The molecule has 0 saturated carbocycles. The fourth-order valence-electron chi connectivity index (χ4n) is 2.01. The highest BCUT2D eigenvalue weighted by molar-refractivity contribution is 7.91. The Morgan fingerprint density at radius 3 is 2.45 bits per heavy atom. The van der Waals surface area contributed by atoms with Crippen LogP contribution < -0.4 is 5.32 Å². The van der Waals surface area contributed by atoms with Crippen molar-refractivity contribution >= 4 is 15.5 Å². The Bertz CT molecular complexity index is 558. The van der Waals surface area contributed by atoms with Crippen LogP contribution in [-0.4, -0.2) is 39.2 Å². The van der Waals surface area contributed by atoms with E-state index in [9.17, 15) is 8.42 Å². The number of rotatable bonds is 4. The van der Waals surface area contributed by atoms with Gasteiger partial charge in [0.25, 0.3) is 0 Å². The number of sulfone groups is 1. The molecule has 1 aliphatic rings. The first-order valence-corrected chi connectivity index (χ1v) is 8.35. The molecular formula is C14H21NO4S. The molecule has 0 amide bonds. The number of nitrogens with one attached hydrogen (secondary N) is 1. The molecule has 112 valence electrons. The number of hydrogen-bond acceptors (Lipinski definition) is 5. The topological polar surface area (TPSA) is 64.6 Å². The first-order chi connectivity index (χ1) is 9.34. The molecular weight excluding hydrogens is 278 g/mol. The van der Waals surface area contributed by atoms with E-state index in [4.69, 9.17) is 9.47 Å². The van der Waals surface area contributed by atoms with Crippen molar-refractivity contribution < 1.29 is 17.9 Å². The van der Waals surface area contributed by atoms with E-state index in [2.05, 4.69) is 5.32 Å². The molecule has 1 aliphatic heterocycles. The van der Waals surface area contributed by atoms with Crippen molar-refractivity contribution in [2.24, 2.45) is 0 Å². The van der Waals surface area contributed by atoms with Crippen molar-refractivity contribution in [2.45, 2.75) is 37.5 Å². The minimum atomic E-state index is -3.25. The summed E-state index contributed by atoms with van der Waals surface area (Å²) in [7, 11) is -3.25. The maximum atomic E-state index is 12.1. The standard InChI is InChI=1S/C14H21NO4S/c1-4-20(16,17)13-8-6-5-7-12(13)15-11-9-18-14(2,3)19-10-11/h5-8,11,15H,4,9-10H2,1-3H3. The number of ether oxygens (including phenoxy) is 2. The molecule has 1 heterocycles. The van der Waals surface area contributed by atoms with Crippen LogP contribution in [-0.2, 0) is 19.3 Å². The molecule has 2 rings (SSSR count). The van der Waals surface area contributed by atoms with Gasteiger partial charge in [-0.25, -0.2) is 8.42 Å². The quantitative estimate of drug-likeness (QED) is 0.921. The van der Waals surface area contributed by atoms with Crippen molar-refractivity contribution in [1.29, 1.82) is 0 Å². The zero-order valence-corrected chi connectivity index (χ0v) is 12.9. The van der Waals surface area contributed by atoms with Crippen molar-refractivity contribution in [3.63, 3.8) is 0 Å². The molecule has 1 aromatic carbocycles. The van der Waals surface area contributed by atoms with Gasteiger partial charge in [-0.2, -0.15) is 0 Å². The maximum absolute atomic E-state index is 12.1. The molecule has 1 N–H and O–H groups in total. The molecule has 0 atom stereocenters. The van der Waals surface area contributed by atoms with Crippen molar-refractivity contribution in [3.8, 4) is 0 Å². The van der Waals surface area contributed by atoms with Gasteiger partial charge in [-0.3, -0.25) is 0 Å². The Hall–Kier alpha value is -1.11. The van der Waals surface area contributed by atoms with Gasteiger partial charge in [0.2, 0.25) is 0 Å². The van der Waals surface area contributed by atoms with Gasteiger partial charge in [0.15, 0.2) is 15.6 Å². The second-order valence-corrected chi connectivity index (χ2v) is 7.51. The van der Waals surface area contributed by atoms with E-state index in [1.165, 1.54) is 0 Å². The lowest BCUT2D eigenvalue weighted by Gasteiger charge is -2.35. The Labute approximate surface area is 120 Å². The van der Waals surface area contributed by atoms with Crippen LogP contribution in [0.3, 0.4) is 0 Å². The average molecular weight is 299 g/mol. The van der Waals surface area contributed by atoms with Crippen LogP contribution in [0.4, 0.5) is 5.69 Å². The summed E-state index contributed by atoms with van der Waals surface area (Å²) in [6.07, 6.45) is 0. The highest BCUT2D eigenvalue weighted by Gasteiger charge is 2.29. The third-order valence-electron chi connectivity index (χ3n) is 3.23. The van der Waals surface area contributed by atoms with Gasteiger partial charge in [0, 0.05) is 0 Å². The van der Waals surface area contributed by atoms with Crippen LogP contribution in [0.25, 0.3) is 0 Å². The van der Waals surface area contributed by atoms with Gasteiger partial charge in [-0.15, -0.1) is 0 Å². The minimum Gasteiger partial charge on any atom is -0.377 e. The molecule has 1 saturated heterocycles. The number of hydrogen-bond donors (Lipinski definition) is 1. The fraction of sp³-hybridized carbons (Fsp3) is 0.571. The molecule has 1 aromatic rings. The molecule has 0 unspecified atom stereocenters. The molecule has 6 heteroatoms. The van der Waals surface area contributed by atoms with Crippen molar-refractivity contribution in [2.75, 3.05) is 24.3 Å². The summed E-state index contributed by atoms with van der Waals surface area (Å²) in [5.74, 6) is -0.496. The van der Waals surface area contributed by atoms with Crippen LogP contribution in [0.2, 0.25) is 0 Å². The number of benzene rings is 1. The summed E-state index contributed by atoms with van der Waals surface area (Å²) in [6, 6.07) is 6.87. The smallest absolute Gasteiger partial charge is 0.180 e. The predicted molar refractivity (Wildman–Crippen MR) is 77.6 cm³/mol. The van der Waals surface area contributed by atoms with Gasteiger partial charge in [0.05, 0.1) is 35.6 Å². The lowest BCUT2D eigenvalue weighted by atomic mass is 10.2. The van der Waals surface area contributed by atoms with Crippen molar-refractivity contribution in [1.82, 2.24) is 0 Å². The molecule has 20 heavy (non-hydrogen) atoms. The Morgan fingerprint density at radius 1 is 1.25 bits per heavy atom. The average Bonchev–Trinajstić information content (AvgIpc) is 2.42. The van der Waals surface area contributed by atoms with E-state index in [1.54, 1.807) is 25.1 Å². The van der Waals surface area contributed by atoms with Crippen LogP contribution in [0.15, 0.2) is 29.2 Å². The highest BCUT2D eigenvalue weighted by Crippen LogP contribution is 2.25. The van der Waals surface area contributed by atoms with E-state index in [-0.39, 0.29) is 11.8 Å². The third kappa shape index (κ3) is 3.50. The lowest BCUT2D eigenvalue weighted by Crippen LogP contribution is -2.45. The third-order valence-corrected chi connectivity index (χ3v) is 5.01. The Morgan fingerprint density at radius 2 is 1.85 bits per heavy atom. The summed E-state index contributed by atoms with van der Waals surface area (Å²) in [5, 5.41) is 3.20. The van der Waals surface area contributed by atoms with Crippen LogP contribution in [0, 0.1) is 0 Å². The van der Waals surface area contributed by atoms with Gasteiger partial charge < -0.3 is 14.8 Å². The fourth-order valence-corrected chi connectivity index (χ4v) is 3.07. The second-order valence-electron chi connectivity index (χ2n) is 5.26. The Kier molecular flexibility index (Phi) is 4.36. The van der Waals surface area contributed by atoms with E-state index < -0.39 is 15.6 Å². The minimum absolute atomic E-state index is 0.0590. The number of para-hydroxylation sites is 1. The highest BCUT2D eigenvalue weighted by atomic mass is 32.2.